The molecule has 1 aromatic heterocycles. The van der Waals surface area contributed by atoms with Gasteiger partial charge < -0.3 is 25.0 Å². The molecule has 304 valence electrons. The molecule has 13 nitrogen and oxygen atoms in total. The normalized spacial score (nSPS) is 28.7. The Bertz CT molecular complexity index is 2040. The topological polar surface area (TPSA) is 173 Å². The number of alkyl carbamates (subject to hydrolysis) is 1. The van der Waals surface area contributed by atoms with Crippen molar-refractivity contribution in [3.63, 3.8) is 0 Å². The van der Waals surface area contributed by atoms with Gasteiger partial charge >= 0.3 is 6.09 Å². The van der Waals surface area contributed by atoms with Crippen molar-refractivity contribution in [1.29, 1.82) is 0 Å². The first kappa shape index (κ1) is 39.9. The van der Waals surface area contributed by atoms with Crippen LogP contribution in [-0.4, -0.2) is 83.7 Å². The maximum Gasteiger partial charge on any atom is 0.408 e. The second kappa shape index (κ2) is 15.9. The Morgan fingerprint density at radius 1 is 1.07 bits per heavy atom. The molecule has 2 saturated carbocycles. The van der Waals surface area contributed by atoms with Crippen molar-refractivity contribution in [2.45, 2.75) is 139 Å². The van der Waals surface area contributed by atoms with Crippen LogP contribution in [0.3, 0.4) is 0 Å². The number of pyridine rings is 1. The van der Waals surface area contributed by atoms with Crippen molar-refractivity contribution < 1.29 is 45.9 Å². The first-order chi connectivity index (χ1) is 26.7. The summed E-state index contributed by atoms with van der Waals surface area (Å²) >= 11 is 0. The third-order valence-corrected chi connectivity index (χ3v) is 13.4. The molecule has 1 spiro atoms. The summed E-state index contributed by atoms with van der Waals surface area (Å²) in [5, 5.41) is 6.07. The van der Waals surface area contributed by atoms with Gasteiger partial charge in [-0.15, -0.1) is 0 Å². The van der Waals surface area contributed by atoms with Gasteiger partial charge in [0.05, 0.1) is 23.5 Å². The van der Waals surface area contributed by atoms with E-state index in [0.29, 0.717) is 67.3 Å². The van der Waals surface area contributed by atoms with Crippen LogP contribution in [0.5, 0.6) is 5.75 Å². The molecular weight excluding hydrogens is 749 g/mol. The zero-order valence-electron chi connectivity index (χ0n) is 32.0. The van der Waals surface area contributed by atoms with Crippen molar-refractivity contribution in [2.75, 3.05) is 12.3 Å². The zero-order valence-corrected chi connectivity index (χ0v) is 32.8. The number of sulfonamides is 1. The molecule has 5 atom stereocenters. The molecule has 4 amide bonds. The Morgan fingerprint density at radius 2 is 1.86 bits per heavy atom. The van der Waals surface area contributed by atoms with Gasteiger partial charge in [-0.3, -0.25) is 19.1 Å². The zero-order chi connectivity index (χ0) is 39.8. The van der Waals surface area contributed by atoms with E-state index in [4.69, 9.17) is 9.47 Å². The molecule has 56 heavy (non-hydrogen) atoms. The first-order valence-corrected chi connectivity index (χ1v) is 21.7. The molecule has 2 aromatic rings. The molecule has 7 rings (SSSR count). The predicted octanol–water partition coefficient (Wildman–Crippen LogP) is 5.16. The standard InChI is InChI=1S/C40H51F2N5O8S/c1-3-4-10-18-56(52,53)46-37(50)40-21-25(40)12-8-6-5-7-9-15-31(44-38(51)54-26-13-11-14-26)36(49)47-23-39(22-33(47)35(48)45-40)17-16-27-28-19-29(41)30(42)20-32(28)43-24(2)34(27)55-39/h8,12,19-20,25-26,31,33H,3-7,9-11,13-18,21-23H2,1-2H3,(H,44,51)(H,45,48)(H,46,50)/b12-8-/t25-,31+,33+,39-,40?/m1/s1. The summed E-state index contributed by atoms with van der Waals surface area (Å²) in [5.74, 6) is -4.37. The molecule has 3 aliphatic heterocycles. The van der Waals surface area contributed by atoms with E-state index in [1.54, 1.807) is 6.92 Å². The number of benzene rings is 1. The summed E-state index contributed by atoms with van der Waals surface area (Å²) in [6.07, 6.45) is 11.1. The highest BCUT2D eigenvalue weighted by Crippen LogP contribution is 2.48. The predicted molar refractivity (Wildman–Crippen MR) is 202 cm³/mol. The number of nitrogens with zero attached hydrogens (tertiary/aromatic N) is 2. The van der Waals surface area contributed by atoms with E-state index in [1.807, 2.05) is 19.1 Å². The van der Waals surface area contributed by atoms with Crippen LogP contribution >= 0.6 is 0 Å². The number of ether oxygens (including phenoxy) is 2. The number of hydrogen-bond donors (Lipinski definition) is 3. The lowest BCUT2D eigenvalue weighted by atomic mass is 9.87. The minimum Gasteiger partial charge on any atom is -0.483 e. The summed E-state index contributed by atoms with van der Waals surface area (Å²) in [5.41, 5.74) is -1.33. The number of hydrogen-bond acceptors (Lipinski definition) is 9. The number of fused-ring (bicyclic) bond motifs is 5. The van der Waals surface area contributed by atoms with Gasteiger partial charge in [-0.05, 0) is 77.2 Å². The Hall–Kier alpha value is -4.34. The number of aromatic nitrogens is 1. The quantitative estimate of drug-likeness (QED) is 0.241. The van der Waals surface area contributed by atoms with Crippen molar-refractivity contribution in [1.82, 2.24) is 25.2 Å². The van der Waals surface area contributed by atoms with Gasteiger partial charge in [0.1, 0.15) is 35.1 Å². The third-order valence-electron chi connectivity index (χ3n) is 12.1. The van der Waals surface area contributed by atoms with Gasteiger partial charge in [0.25, 0.3) is 5.91 Å². The number of carbonyl (C=O) groups is 4. The van der Waals surface area contributed by atoms with E-state index >= 15 is 0 Å². The van der Waals surface area contributed by atoms with Crippen LogP contribution in [0.1, 0.15) is 108 Å². The van der Waals surface area contributed by atoms with Crippen LogP contribution in [0, 0.1) is 24.5 Å². The molecule has 3 fully saturated rings. The Kier molecular flexibility index (Phi) is 11.3. The minimum absolute atomic E-state index is 0.00598. The van der Waals surface area contributed by atoms with Crippen LogP contribution in [0.2, 0.25) is 0 Å². The van der Waals surface area contributed by atoms with E-state index in [2.05, 4.69) is 20.3 Å². The SMILES string of the molecule is CCCCCS(=O)(=O)NC(=O)C12C[C@H]1/C=C\CCCCC[C@H](NC(=O)OC1CCC1)C(=O)N1C[C@@]3(CCc4c(c(C)nc5cc(F)c(F)cc45)O3)C[C@H]1C(=O)N2. The molecule has 16 heteroatoms. The average molecular weight is 800 g/mol. The smallest absolute Gasteiger partial charge is 0.408 e. The molecular formula is C40H51F2N5O8S. The van der Waals surface area contributed by atoms with Gasteiger partial charge in [0.2, 0.25) is 21.8 Å². The van der Waals surface area contributed by atoms with Crippen LogP contribution in [0.25, 0.3) is 10.9 Å². The molecule has 0 bridgehead atoms. The van der Waals surface area contributed by atoms with E-state index < -0.39 is 74.6 Å². The summed E-state index contributed by atoms with van der Waals surface area (Å²) in [6.45, 7) is 3.58. The van der Waals surface area contributed by atoms with Gasteiger partial charge in [0, 0.05) is 29.4 Å². The monoisotopic (exact) mass is 799 g/mol. The average Bonchev–Trinajstić information content (AvgIpc) is 3.71. The number of unbranched alkanes of at least 4 members (excludes halogenated alkanes) is 2. The molecule has 2 aliphatic carbocycles. The molecule has 5 aliphatic rings. The van der Waals surface area contributed by atoms with Crippen molar-refractivity contribution >= 4 is 44.7 Å². The Labute approximate surface area is 325 Å². The van der Waals surface area contributed by atoms with Crippen molar-refractivity contribution in [3.05, 3.63) is 47.2 Å². The molecule has 1 unspecified atom stereocenters. The number of nitrogens with one attached hydrogen (secondary N) is 3. The lowest BCUT2D eigenvalue weighted by Crippen LogP contribution is -2.58. The Morgan fingerprint density at radius 3 is 2.61 bits per heavy atom. The molecule has 3 N–H and O–H groups in total. The van der Waals surface area contributed by atoms with Crippen LogP contribution < -0.4 is 20.1 Å². The minimum atomic E-state index is -3.99. The van der Waals surface area contributed by atoms with Crippen LogP contribution in [0.15, 0.2) is 24.3 Å². The number of amides is 4. The van der Waals surface area contributed by atoms with E-state index in [-0.39, 0.29) is 36.8 Å². The maximum absolute atomic E-state index is 14.7. The highest BCUT2D eigenvalue weighted by atomic mass is 32.2. The lowest BCUT2D eigenvalue weighted by Gasteiger charge is -2.36. The summed E-state index contributed by atoms with van der Waals surface area (Å²) in [7, 11) is -3.99. The summed E-state index contributed by atoms with van der Waals surface area (Å²) in [4.78, 5) is 62.1. The number of halogens is 2. The van der Waals surface area contributed by atoms with Crippen LogP contribution in [-0.2, 0) is 35.6 Å². The van der Waals surface area contributed by atoms with Crippen molar-refractivity contribution in [3.8, 4) is 5.75 Å². The van der Waals surface area contributed by atoms with Crippen LogP contribution in [0.4, 0.5) is 13.6 Å². The van der Waals surface area contributed by atoms with Gasteiger partial charge in [-0.2, -0.15) is 0 Å². The van der Waals surface area contributed by atoms with Gasteiger partial charge in [-0.1, -0.05) is 44.8 Å². The second-order valence-corrected chi connectivity index (χ2v) is 18.1. The fourth-order valence-electron chi connectivity index (χ4n) is 8.55. The highest BCUT2D eigenvalue weighted by Gasteiger charge is 2.62. The second-order valence-electron chi connectivity index (χ2n) is 16.2. The molecule has 1 aromatic carbocycles. The van der Waals surface area contributed by atoms with E-state index in [0.717, 1.165) is 50.7 Å². The number of carbonyl (C=O) groups excluding carboxylic acids is 4. The van der Waals surface area contributed by atoms with Gasteiger partial charge in [0.15, 0.2) is 11.6 Å². The number of allylic oxidation sites excluding steroid dienone is 1. The molecule has 1 saturated heterocycles. The number of rotatable bonds is 8. The van der Waals surface area contributed by atoms with Gasteiger partial charge in [-0.25, -0.2) is 27.0 Å². The molecule has 4 heterocycles. The highest BCUT2D eigenvalue weighted by molar-refractivity contribution is 7.90. The van der Waals surface area contributed by atoms with Crippen molar-refractivity contribution in [2.24, 2.45) is 5.92 Å². The Balaban J connectivity index is 1.21. The molecule has 0 radical (unpaired) electrons. The van der Waals surface area contributed by atoms with E-state index in [1.165, 1.54) is 4.90 Å². The fraction of sp³-hybridized carbons (Fsp3) is 0.625. The fourth-order valence-corrected chi connectivity index (χ4v) is 9.70. The largest absolute Gasteiger partial charge is 0.483 e. The summed E-state index contributed by atoms with van der Waals surface area (Å²) < 4.78 is 69.0. The maximum atomic E-state index is 14.7. The summed E-state index contributed by atoms with van der Waals surface area (Å²) in [6, 6.07) is -0.0452. The van der Waals surface area contributed by atoms with E-state index in [9.17, 15) is 36.4 Å². The number of aryl methyl sites for hydroxylation is 2. The third kappa shape index (κ3) is 8.21. The first-order valence-electron chi connectivity index (χ1n) is 20.0. The lowest BCUT2D eigenvalue weighted by molar-refractivity contribution is -0.141.